The summed E-state index contributed by atoms with van der Waals surface area (Å²) < 4.78 is 12.3. The zero-order chi connectivity index (χ0) is 24.1. The highest BCUT2D eigenvalue weighted by molar-refractivity contribution is 9.10. The minimum absolute atomic E-state index is 0.105. The molecule has 0 aliphatic carbocycles. The number of methoxy groups -OCH3 is 2. The second-order valence-corrected chi connectivity index (χ2v) is 8.84. The Balaban J connectivity index is 1.84. The molecular weight excluding hydrogens is 490 g/mol. The quantitative estimate of drug-likeness (QED) is 0.259. The van der Waals surface area contributed by atoms with Gasteiger partial charge >= 0.3 is 0 Å². The Morgan fingerprint density at radius 1 is 0.824 bits per heavy atom. The molecule has 0 heterocycles. The largest absolute Gasteiger partial charge is 0.496 e. The third kappa shape index (κ3) is 5.00. The lowest BCUT2D eigenvalue weighted by Crippen LogP contribution is -2.31. The minimum Gasteiger partial charge on any atom is -0.496 e. The number of ether oxygens (including phenoxy) is 2. The lowest BCUT2D eigenvalue weighted by atomic mass is 9.98. The molecule has 0 atom stereocenters. The van der Waals surface area contributed by atoms with Crippen LogP contribution in [0.3, 0.4) is 0 Å². The maximum Gasteiger partial charge on any atom is 0.259 e. The van der Waals surface area contributed by atoms with E-state index in [9.17, 15) is 4.79 Å². The van der Waals surface area contributed by atoms with Crippen molar-refractivity contribution in [2.75, 3.05) is 19.1 Å². The van der Waals surface area contributed by atoms with Gasteiger partial charge < -0.3 is 14.4 Å². The van der Waals surface area contributed by atoms with E-state index in [1.54, 1.807) is 19.1 Å². The number of carbonyl (C=O) groups is 1. The number of aryl methyl sites for hydroxylation is 1. The third-order valence-electron chi connectivity index (χ3n) is 5.69. The number of benzene rings is 4. The van der Waals surface area contributed by atoms with Crippen molar-refractivity contribution in [3.63, 3.8) is 0 Å². The van der Waals surface area contributed by atoms with E-state index >= 15 is 0 Å². The van der Waals surface area contributed by atoms with Crippen molar-refractivity contribution in [2.24, 2.45) is 0 Å². The number of carbonyl (C=O) groups excluding carboxylic acids is 1. The van der Waals surface area contributed by atoms with Crippen LogP contribution in [0.2, 0.25) is 0 Å². The van der Waals surface area contributed by atoms with Gasteiger partial charge in [0, 0.05) is 15.7 Å². The predicted molar refractivity (Wildman–Crippen MR) is 141 cm³/mol. The molecule has 0 unspecified atom stereocenters. The summed E-state index contributed by atoms with van der Waals surface area (Å²) in [7, 11) is 3.27. The van der Waals surface area contributed by atoms with Crippen molar-refractivity contribution in [3.05, 3.63) is 112 Å². The molecule has 4 aromatic carbocycles. The molecule has 0 spiro atoms. The van der Waals surface area contributed by atoms with Crippen LogP contribution < -0.4 is 14.4 Å². The highest BCUT2D eigenvalue weighted by Crippen LogP contribution is 2.35. The molecule has 0 saturated carbocycles. The van der Waals surface area contributed by atoms with Gasteiger partial charge in [-0.1, -0.05) is 64.5 Å². The van der Waals surface area contributed by atoms with E-state index in [4.69, 9.17) is 9.47 Å². The third-order valence-corrected chi connectivity index (χ3v) is 6.22. The summed E-state index contributed by atoms with van der Waals surface area (Å²) in [6.45, 7) is 2.28. The van der Waals surface area contributed by atoms with E-state index in [1.165, 1.54) is 0 Å². The normalized spacial score (nSPS) is 10.6. The lowest BCUT2D eigenvalue weighted by molar-refractivity contribution is 0.0985. The highest BCUT2D eigenvalue weighted by atomic mass is 79.9. The Morgan fingerprint density at radius 2 is 1.41 bits per heavy atom. The zero-order valence-electron chi connectivity index (χ0n) is 19.4. The van der Waals surface area contributed by atoms with Gasteiger partial charge in [-0.3, -0.25) is 4.79 Å². The van der Waals surface area contributed by atoms with Gasteiger partial charge in [0.05, 0.1) is 26.3 Å². The zero-order valence-corrected chi connectivity index (χ0v) is 21.0. The number of halogens is 1. The number of hydrogen-bond donors (Lipinski definition) is 0. The average molecular weight is 516 g/mol. The Bertz CT molecular complexity index is 1260. The molecule has 0 aliphatic rings. The van der Waals surface area contributed by atoms with E-state index in [-0.39, 0.29) is 12.5 Å². The standard InChI is InChI=1S/C29H26BrNO3/c1-20-17-27(33-2)26(28(18-20)34-3)19-31(23-15-13-22(30)14-16-23)29(32)25-12-8-7-11-24(25)21-9-5-4-6-10-21/h4-18H,19H2,1-3H3. The first-order valence-corrected chi connectivity index (χ1v) is 11.7. The summed E-state index contributed by atoms with van der Waals surface area (Å²) in [6, 6.07) is 29.3. The summed E-state index contributed by atoms with van der Waals surface area (Å²) in [5.74, 6) is 1.26. The molecule has 172 valence electrons. The number of rotatable bonds is 7. The number of nitrogens with zero attached hydrogens (tertiary/aromatic N) is 1. The van der Waals surface area contributed by atoms with E-state index in [1.807, 2.05) is 97.9 Å². The predicted octanol–water partition coefficient (Wildman–Crippen LogP) is 7.29. The molecule has 0 radical (unpaired) electrons. The first-order valence-electron chi connectivity index (χ1n) is 10.9. The topological polar surface area (TPSA) is 38.8 Å². The fraction of sp³-hybridized carbons (Fsp3) is 0.138. The van der Waals surface area contributed by atoms with Crippen molar-refractivity contribution >= 4 is 27.5 Å². The van der Waals surface area contributed by atoms with Gasteiger partial charge in [-0.15, -0.1) is 0 Å². The molecule has 0 aromatic heterocycles. The minimum atomic E-state index is -0.105. The van der Waals surface area contributed by atoms with Crippen LogP contribution in [-0.4, -0.2) is 20.1 Å². The fourth-order valence-electron chi connectivity index (χ4n) is 4.01. The lowest BCUT2D eigenvalue weighted by Gasteiger charge is -2.26. The van der Waals surface area contributed by atoms with Gasteiger partial charge in [-0.25, -0.2) is 0 Å². The second kappa shape index (κ2) is 10.6. The van der Waals surface area contributed by atoms with E-state index < -0.39 is 0 Å². The van der Waals surface area contributed by atoms with Gasteiger partial charge in [0.2, 0.25) is 0 Å². The monoisotopic (exact) mass is 515 g/mol. The van der Waals surface area contributed by atoms with Crippen LogP contribution in [0.4, 0.5) is 5.69 Å². The summed E-state index contributed by atoms with van der Waals surface area (Å²) in [5, 5.41) is 0. The van der Waals surface area contributed by atoms with Gasteiger partial charge in [0.25, 0.3) is 5.91 Å². The van der Waals surface area contributed by atoms with Crippen molar-refractivity contribution in [1.82, 2.24) is 0 Å². The van der Waals surface area contributed by atoms with Gasteiger partial charge in [-0.2, -0.15) is 0 Å². The van der Waals surface area contributed by atoms with Crippen LogP contribution in [0, 0.1) is 6.92 Å². The van der Waals surface area contributed by atoms with Crippen molar-refractivity contribution in [3.8, 4) is 22.6 Å². The molecule has 5 heteroatoms. The van der Waals surface area contributed by atoms with Crippen molar-refractivity contribution < 1.29 is 14.3 Å². The Labute approximate surface area is 208 Å². The molecule has 0 aliphatic heterocycles. The molecular formula is C29H26BrNO3. The molecule has 0 bridgehead atoms. The van der Waals surface area contributed by atoms with E-state index in [2.05, 4.69) is 15.9 Å². The maximum atomic E-state index is 14.1. The van der Waals surface area contributed by atoms with Crippen LogP contribution in [0.25, 0.3) is 11.1 Å². The van der Waals surface area contributed by atoms with E-state index in [0.29, 0.717) is 17.1 Å². The SMILES string of the molecule is COc1cc(C)cc(OC)c1CN(C(=O)c1ccccc1-c1ccccc1)c1ccc(Br)cc1. The van der Waals surface area contributed by atoms with Gasteiger partial charge in [0.15, 0.2) is 0 Å². The molecule has 0 fully saturated rings. The second-order valence-electron chi connectivity index (χ2n) is 7.93. The molecule has 1 amide bonds. The molecule has 4 aromatic rings. The first-order chi connectivity index (χ1) is 16.5. The average Bonchev–Trinajstić information content (AvgIpc) is 2.88. The Hall–Kier alpha value is -3.57. The summed E-state index contributed by atoms with van der Waals surface area (Å²) in [5.41, 5.74) is 5.12. The van der Waals surface area contributed by atoms with Crippen LogP contribution in [0.5, 0.6) is 11.5 Å². The Morgan fingerprint density at radius 3 is 2.03 bits per heavy atom. The summed E-state index contributed by atoms with van der Waals surface area (Å²) in [4.78, 5) is 15.9. The molecule has 4 rings (SSSR count). The molecule has 4 nitrogen and oxygen atoms in total. The van der Waals surface area contributed by atoms with Gasteiger partial charge in [-0.05, 0) is 66.1 Å². The number of amides is 1. The fourth-order valence-corrected chi connectivity index (χ4v) is 4.28. The number of hydrogen-bond acceptors (Lipinski definition) is 3. The smallest absolute Gasteiger partial charge is 0.259 e. The molecule has 34 heavy (non-hydrogen) atoms. The van der Waals surface area contributed by atoms with Crippen LogP contribution in [0.15, 0.2) is 95.5 Å². The van der Waals surface area contributed by atoms with Gasteiger partial charge in [0.1, 0.15) is 11.5 Å². The van der Waals surface area contributed by atoms with E-state index in [0.717, 1.165) is 32.4 Å². The van der Waals surface area contributed by atoms with Crippen LogP contribution >= 0.6 is 15.9 Å². The highest BCUT2D eigenvalue weighted by Gasteiger charge is 2.24. The first kappa shape index (κ1) is 23.6. The summed E-state index contributed by atoms with van der Waals surface area (Å²) >= 11 is 3.50. The molecule has 0 saturated heterocycles. The number of anilines is 1. The Kier molecular flexibility index (Phi) is 7.33. The molecule has 0 N–H and O–H groups in total. The summed E-state index contributed by atoms with van der Waals surface area (Å²) in [6.07, 6.45) is 0. The van der Waals surface area contributed by atoms with Crippen LogP contribution in [-0.2, 0) is 6.54 Å². The maximum absolute atomic E-state index is 14.1. The van der Waals surface area contributed by atoms with Crippen molar-refractivity contribution in [2.45, 2.75) is 13.5 Å². The van der Waals surface area contributed by atoms with Crippen LogP contribution in [0.1, 0.15) is 21.5 Å². The van der Waals surface area contributed by atoms with Crippen molar-refractivity contribution in [1.29, 1.82) is 0 Å².